The molecular formula is C19H27FN2O2. The number of carbonyl (C=O) groups excluding carboxylic acids is 1. The molecule has 0 aromatic heterocycles. The van der Waals surface area contributed by atoms with Crippen LogP contribution in [0.1, 0.15) is 31.2 Å². The van der Waals surface area contributed by atoms with Crippen LogP contribution in [0.2, 0.25) is 0 Å². The van der Waals surface area contributed by atoms with Crippen molar-refractivity contribution in [3.8, 4) is 0 Å². The third kappa shape index (κ3) is 3.95. The lowest BCUT2D eigenvalue weighted by atomic mass is 9.93. The molecule has 1 aromatic carbocycles. The molecule has 2 aliphatic rings. The highest BCUT2D eigenvalue weighted by Crippen LogP contribution is 2.48. The average molecular weight is 334 g/mol. The molecule has 5 heteroatoms. The molecule has 1 heterocycles. The summed E-state index contributed by atoms with van der Waals surface area (Å²) in [6.45, 7) is 4.67. The van der Waals surface area contributed by atoms with Gasteiger partial charge in [0.25, 0.3) is 0 Å². The van der Waals surface area contributed by atoms with Gasteiger partial charge in [-0.3, -0.25) is 4.79 Å². The molecule has 1 saturated heterocycles. The second-order valence-corrected chi connectivity index (χ2v) is 7.08. The van der Waals surface area contributed by atoms with Gasteiger partial charge in [-0.25, -0.2) is 4.39 Å². The van der Waals surface area contributed by atoms with Crippen molar-refractivity contribution in [3.05, 3.63) is 35.6 Å². The van der Waals surface area contributed by atoms with Crippen LogP contribution in [-0.4, -0.2) is 50.7 Å². The lowest BCUT2D eigenvalue weighted by Crippen LogP contribution is -2.42. The number of rotatable bonds is 7. The van der Waals surface area contributed by atoms with E-state index >= 15 is 0 Å². The number of benzene rings is 1. The number of hydrogen-bond acceptors (Lipinski definition) is 3. The maximum atomic E-state index is 13.1. The normalized spacial score (nSPS) is 20.8. The second-order valence-electron chi connectivity index (χ2n) is 7.08. The minimum atomic E-state index is -0.410. The minimum Gasteiger partial charge on any atom is -0.383 e. The Morgan fingerprint density at radius 1 is 1.29 bits per heavy atom. The first-order chi connectivity index (χ1) is 11.6. The smallest absolute Gasteiger partial charge is 0.230 e. The monoisotopic (exact) mass is 334 g/mol. The van der Waals surface area contributed by atoms with Crippen LogP contribution < -0.4 is 5.32 Å². The fourth-order valence-electron chi connectivity index (χ4n) is 3.58. The van der Waals surface area contributed by atoms with E-state index in [0.29, 0.717) is 5.92 Å². The average Bonchev–Trinajstić information content (AvgIpc) is 3.41. The van der Waals surface area contributed by atoms with Gasteiger partial charge in [-0.2, -0.15) is 0 Å². The number of ether oxygens (including phenoxy) is 1. The van der Waals surface area contributed by atoms with Gasteiger partial charge in [0.15, 0.2) is 0 Å². The maximum absolute atomic E-state index is 13.1. The fourth-order valence-corrected chi connectivity index (χ4v) is 3.58. The highest BCUT2D eigenvalue weighted by molar-refractivity contribution is 5.91. The number of halogens is 1. The molecule has 1 saturated carbocycles. The zero-order valence-electron chi connectivity index (χ0n) is 14.4. The van der Waals surface area contributed by atoms with Gasteiger partial charge in [0.1, 0.15) is 5.82 Å². The van der Waals surface area contributed by atoms with Crippen LogP contribution in [0.4, 0.5) is 4.39 Å². The van der Waals surface area contributed by atoms with Crippen LogP contribution in [0.3, 0.4) is 0 Å². The van der Waals surface area contributed by atoms with E-state index in [-0.39, 0.29) is 11.7 Å². The summed E-state index contributed by atoms with van der Waals surface area (Å²) in [5, 5.41) is 3.15. The van der Waals surface area contributed by atoms with Crippen LogP contribution in [0.15, 0.2) is 24.3 Å². The Morgan fingerprint density at radius 2 is 1.96 bits per heavy atom. The number of hydrogen-bond donors (Lipinski definition) is 1. The molecular weight excluding hydrogens is 307 g/mol. The zero-order chi connectivity index (χ0) is 17.0. The Bertz CT molecular complexity index is 549. The third-order valence-electron chi connectivity index (χ3n) is 5.45. The van der Waals surface area contributed by atoms with Gasteiger partial charge in [-0.15, -0.1) is 0 Å². The lowest BCUT2D eigenvalue weighted by Gasteiger charge is -2.32. The van der Waals surface area contributed by atoms with Gasteiger partial charge in [-0.1, -0.05) is 12.1 Å². The van der Waals surface area contributed by atoms with E-state index in [2.05, 4.69) is 10.2 Å². The van der Waals surface area contributed by atoms with E-state index in [4.69, 9.17) is 4.74 Å². The van der Waals surface area contributed by atoms with Crippen molar-refractivity contribution < 1.29 is 13.9 Å². The highest BCUT2D eigenvalue weighted by atomic mass is 19.1. The molecule has 4 nitrogen and oxygen atoms in total. The number of amides is 1. The second kappa shape index (κ2) is 7.62. The molecule has 0 bridgehead atoms. The number of nitrogens with zero attached hydrogens (tertiary/aromatic N) is 1. The first-order valence-corrected chi connectivity index (χ1v) is 8.90. The van der Waals surface area contributed by atoms with Gasteiger partial charge in [0.05, 0.1) is 12.0 Å². The SMILES string of the molecule is COCCN1CCC(CNC(=O)C2(c3ccc(F)cc3)CC2)CC1. The van der Waals surface area contributed by atoms with Crippen molar-refractivity contribution in [1.29, 1.82) is 0 Å². The quantitative estimate of drug-likeness (QED) is 0.832. The molecule has 0 spiro atoms. The third-order valence-corrected chi connectivity index (χ3v) is 5.45. The van der Waals surface area contributed by atoms with Crippen LogP contribution in [0.25, 0.3) is 0 Å². The molecule has 1 N–H and O–H groups in total. The van der Waals surface area contributed by atoms with Crippen molar-refractivity contribution >= 4 is 5.91 Å². The van der Waals surface area contributed by atoms with Gasteiger partial charge < -0.3 is 15.0 Å². The van der Waals surface area contributed by atoms with E-state index in [9.17, 15) is 9.18 Å². The molecule has 0 unspecified atom stereocenters. The van der Waals surface area contributed by atoms with E-state index in [1.807, 2.05) is 0 Å². The van der Waals surface area contributed by atoms with Gasteiger partial charge in [-0.05, 0) is 62.4 Å². The number of likely N-dealkylation sites (tertiary alicyclic amines) is 1. The summed E-state index contributed by atoms with van der Waals surface area (Å²) in [5.41, 5.74) is 0.531. The van der Waals surface area contributed by atoms with E-state index in [1.54, 1.807) is 19.2 Å². The highest BCUT2D eigenvalue weighted by Gasteiger charge is 2.51. The topological polar surface area (TPSA) is 41.6 Å². The van der Waals surface area contributed by atoms with Crippen molar-refractivity contribution in [1.82, 2.24) is 10.2 Å². The fraction of sp³-hybridized carbons (Fsp3) is 0.632. The molecule has 1 aromatic rings. The van der Waals surface area contributed by atoms with E-state index in [0.717, 1.165) is 64.0 Å². The summed E-state index contributed by atoms with van der Waals surface area (Å²) in [4.78, 5) is 15.0. The predicted molar refractivity (Wildman–Crippen MR) is 91.4 cm³/mol. The molecule has 1 aliphatic heterocycles. The van der Waals surface area contributed by atoms with Crippen molar-refractivity contribution in [2.24, 2.45) is 5.92 Å². The molecule has 0 radical (unpaired) electrons. The first kappa shape index (κ1) is 17.4. The molecule has 1 aliphatic carbocycles. The summed E-state index contributed by atoms with van der Waals surface area (Å²) in [5.74, 6) is 0.405. The van der Waals surface area contributed by atoms with E-state index in [1.165, 1.54) is 12.1 Å². The summed E-state index contributed by atoms with van der Waals surface area (Å²) in [6.07, 6.45) is 3.96. The maximum Gasteiger partial charge on any atom is 0.230 e. The summed E-state index contributed by atoms with van der Waals surface area (Å²) < 4.78 is 18.2. The standard InChI is InChI=1S/C19H27FN2O2/c1-24-13-12-22-10-6-15(7-11-22)14-21-18(23)19(8-9-19)16-2-4-17(20)5-3-16/h2-5,15H,6-14H2,1H3,(H,21,23). The Hall–Kier alpha value is -1.46. The number of piperidine rings is 1. The number of nitrogens with one attached hydrogen (secondary N) is 1. The van der Waals surface area contributed by atoms with Crippen LogP contribution >= 0.6 is 0 Å². The number of methoxy groups -OCH3 is 1. The van der Waals surface area contributed by atoms with Gasteiger partial charge >= 0.3 is 0 Å². The van der Waals surface area contributed by atoms with Gasteiger partial charge in [0.2, 0.25) is 5.91 Å². The first-order valence-electron chi connectivity index (χ1n) is 8.90. The molecule has 2 fully saturated rings. The van der Waals surface area contributed by atoms with Gasteiger partial charge in [0, 0.05) is 20.2 Å². The van der Waals surface area contributed by atoms with E-state index < -0.39 is 5.41 Å². The Kier molecular flexibility index (Phi) is 5.51. The minimum absolute atomic E-state index is 0.107. The molecule has 24 heavy (non-hydrogen) atoms. The Morgan fingerprint density at radius 3 is 2.54 bits per heavy atom. The molecule has 132 valence electrons. The van der Waals surface area contributed by atoms with Crippen molar-refractivity contribution in [2.75, 3.05) is 39.9 Å². The molecule has 3 rings (SSSR count). The molecule has 0 atom stereocenters. The lowest BCUT2D eigenvalue weighted by molar-refractivity contribution is -0.123. The Labute approximate surface area is 143 Å². The summed E-state index contributed by atoms with van der Waals surface area (Å²) in [6, 6.07) is 6.38. The van der Waals surface area contributed by atoms with Crippen LogP contribution in [0.5, 0.6) is 0 Å². The number of carbonyl (C=O) groups is 1. The Balaban J connectivity index is 1.46. The zero-order valence-corrected chi connectivity index (χ0v) is 14.4. The summed E-state index contributed by atoms with van der Waals surface area (Å²) >= 11 is 0. The predicted octanol–water partition coefficient (Wildman–Crippen LogP) is 2.33. The molecule has 1 amide bonds. The van der Waals surface area contributed by atoms with Crippen molar-refractivity contribution in [3.63, 3.8) is 0 Å². The van der Waals surface area contributed by atoms with Crippen molar-refractivity contribution in [2.45, 2.75) is 31.1 Å². The largest absolute Gasteiger partial charge is 0.383 e. The summed E-state index contributed by atoms with van der Waals surface area (Å²) in [7, 11) is 1.73. The van der Waals surface area contributed by atoms with Crippen LogP contribution in [-0.2, 0) is 14.9 Å². The van der Waals surface area contributed by atoms with Crippen LogP contribution in [0, 0.1) is 11.7 Å².